The van der Waals surface area contributed by atoms with E-state index in [4.69, 9.17) is 0 Å². The molecule has 0 saturated heterocycles. The normalized spacial score (nSPS) is 11.2. The summed E-state index contributed by atoms with van der Waals surface area (Å²) >= 11 is 0. The average Bonchev–Trinajstić information content (AvgIpc) is 3.11. The van der Waals surface area contributed by atoms with E-state index in [1.807, 2.05) is 68.4 Å². The largest absolute Gasteiger partial charge is 0.337 e. The van der Waals surface area contributed by atoms with Gasteiger partial charge in [-0.2, -0.15) is 0 Å². The van der Waals surface area contributed by atoms with E-state index >= 15 is 0 Å². The van der Waals surface area contributed by atoms with Gasteiger partial charge in [0.25, 0.3) is 5.56 Å². The lowest BCUT2D eigenvalue weighted by atomic mass is 10.2. The van der Waals surface area contributed by atoms with Gasteiger partial charge in [0.2, 0.25) is 0 Å². The summed E-state index contributed by atoms with van der Waals surface area (Å²) < 4.78 is 4.62. The summed E-state index contributed by atoms with van der Waals surface area (Å²) in [5.41, 5.74) is 2.71. The van der Waals surface area contributed by atoms with E-state index in [9.17, 15) is 9.59 Å². The minimum absolute atomic E-state index is 0.217. The molecule has 0 aliphatic rings. The predicted molar refractivity (Wildman–Crippen MR) is 106 cm³/mol. The van der Waals surface area contributed by atoms with Crippen molar-refractivity contribution in [2.24, 2.45) is 0 Å². The minimum Gasteiger partial charge on any atom is -0.325 e. The molecule has 0 spiro atoms. The summed E-state index contributed by atoms with van der Waals surface area (Å²) in [6, 6.07) is 17.1. The molecule has 0 bridgehead atoms. The third-order valence-corrected chi connectivity index (χ3v) is 4.78. The Kier molecular flexibility index (Phi) is 4.24. The van der Waals surface area contributed by atoms with Gasteiger partial charge >= 0.3 is 5.69 Å². The van der Waals surface area contributed by atoms with Crippen molar-refractivity contribution in [3.8, 4) is 5.69 Å². The number of aromatic nitrogens is 4. The second-order valence-corrected chi connectivity index (χ2v) is 6.48. The Morgan fingerprint density at radius 1 is 0.963 bits per heavy atom. The smallest absolute Gasteiger partial charge is 0.325 e. The zero-order chi connectivity index (χ0) is 19.0. The van der Waals surface area contributed by atoms with E-state index in [1.165, 1.54) is 4.57 Å². The van der Waals surface area contributed by atoms with Crippen LogP contribution in [-0.2, 0) is 13.1 Å². The van der Waals surface area contributed by atoms with Crippen molar-refractivity contribution in [3.05, 3.63) is 92.9 Å². The standard InChI is InChI=1S/C21H20N4O2/c1-3-23-14-22-19-18(23)20(26)24(13-16-10-5-4-6-11-16)21(27)25(19)17-12-8-7-9-15(17)2/h4-12,14H,3,13H2,1-2H3. The highest BCUT2D eigenvalue weighted by Gasteiger charge is 2.19. The molecule has 0 aliphatic carbocycles. The van der Waals surface area contributed by atoms with Crippen LogP contribution in [0, 0.1) is 6.92 Å². The maximum atomic E-state index is 13.3. The Morgan fingerprint density at radius 3 is 2.37 bits per heavy atom. The second-order valence-electron chi connectivity index (χ2n) is 6.48. The average molecular weight is 360 g/mol. The van der Waals surface area contributed by atoms with E-state index in [-0.39, 0.29) is 17.8 Å². The van der Waals surface area contributed by atoms with E-state index < -0.39 is 0 Å². The van der Waals surface area contributed by atoms with Gasteiger partial charge in [-0.05, 0) is 31.0 Å². The summed E-state index contributed by atoms with van der Waals surface area (Å²) in [6.45, 7) is 4.71. The van der Waals surface area contributed by atoms with Crippen LogP contribution in [0.15, 0.2) is 70.5 Å². The maximum absolute atomic E-state index is 13.3. The first kappa shape index (κ1) is 17.0. The molecule has 0 amide bonds. The lowest BCUT2D eigenvalue weighted by Crippen LogP contribution is -2.40. The molecule has 6 nitrogen and oxygen atoms in total. The molecule has 0 aliphatic heterocycles. The van der Waals surface area contributed by atoms with Gasteiger partial charge in [0.15, 0.2) is 11.2 Å². The molecule has 6 heteroatoms. The Hall–Kier alpha value is -3.41. The van der Waals surface area contributed by atoms with Crippen LogP contribution >= 0.6 is 0 Å². The number of imidazole rings is 1. The van der Waals surface area contributed by atoms with Gasteiger partial charge in [-0.3, -0.25) is 9.36 Å². The summed E-state index contributed by atoms with van der Waals surface area (Å²) in [5.74, 6) is 0. The van der Waals surface area contributed by atoms with E-state index in [2.05, 4.69) is 4.98 Å². The number of aryl methyl sites for hydroxylation is 2. The van der Waals surface area contributed by atoms with E-state index in [0.29, 0.717) is 17.7 Å². The zero-order valence-corrected chi connectivity index (χ0v) is 15.3. The van der Waals surface area contributed by atoms with Gasteiger partial charge in [-0.1, -0.05) is 48.5 Å². The number of hydrogen-bond donors (Lipinski definition) is 0. The quantitative estimate of drug-likeness (QED) is 0.562. The molecule has 0 radical (unpaired) electrons. The van der Waals surface area contributed by atoms with Gasteiger partial charge in [0.05, 0.1) is 18.6 Å². The van der Waals surface area contributed by atoms with Crippen LogP contribution in [0.2, 0.25) is 0 Å². The van der Waals surface area contributed by atoms with Gasteiger partial charge in [0.1, 0.15) is 0 Å². The van der Waals surface area contributed by atoms with E-state index in [1.54, 1.807) is 15.5 Å². The van der Waals surface area contributed by atoms with Crippen LogP contribution in [0.3, 0.4) is 0 Å². The van der Waals surface area contributed by atoms with Crippen LogP contribution in [0.4, 0.5) is 0 Å². The molecule has 136 valence electrons. The SMILES string of the molecule is CCn1cnc2c1c(=O)n(Cc1ccccc1)c(=O)n2-c1ccccc1C. The van der Waals surface area contributed by atoms with Gasteiger partial charge in [0, 0.05) is 6.54 Å². The molecular weight excluding hydrogens is 340 g/mol. The topological polar surface area (TPSA) is 61.8 Å². The third kappa shape index (κ3) is 2.79. The highest BCUT2D eigenvalue weighted by molar-refractivity contribution is 5.72. The first-order chi connectivity index (χ1) is 13.1. The molecule has 4 rings (SSSR count). The summed E-state index contributed by atoms with van der Waals surface area (Å²) in [4.78, 5) is 30.9. The van der Waals surface area contributed by atoms with Gasteiger partial charge in [-0.15, -0.1) is 0 Å². The lowest BCUT2D eigenvalue weighted by molar-refractivity contribution is 0.675. The lowest BCUT2D eigenvalue weighted by Gasteiger charge is -2.14. The van der Waals surface area contributed by atoms with Crippen LogP contribution < -0.4 is 11.2 Å². The fraction of sp³-hybridized carbons (Fsp3) is 0.190. The van der Waals surface area contributed by atoms with E-state index in [0.717, 1.165) is 16.8 Å². The van der Waals surface area contributed by atoms with Crippen molar-refractivity contribution in [2.75, 3.05) is 0 Å². The molecule has 2 heterocycles. The van der Waals surface area contributed by atoms with Gasteiger partial charge in [-0.25, -0.2) is 14.3 Å². The second kappa shape index (κ2) is 6.72. The van der Waals surface area contributed by atoms with Crippen molar-refractivity contribution in [1.29, 1.82) is 0 Å². The number of benzene rings is 2. The van der Waals surface area contributed by atoms with Crippen LogP contribution in [0.1, 0.15) is 18.1 Å². The molecule has 27 heavy (non-hydrogen) atoms. The first-order valence-electron chi connectivity index (χ1n) is 8.92. The van der Waals surface area contributed by atoms with Crippen molar-refractivity contribution in [2.45, 2.75) is 26.9 Å². The molecule has 2 aromatic carbocycles. The summed E-state index contributed by atoms with van der Waals surface area (Å²) in [7, 11) is 0. The zero-order valence-electron chi connectivity index (χ0n) is 15.3. The Labute approximate surface area is 156 Å². The monoisotopic (exact) mass is 360 g/mol. The summed E-state index contributed by atoms with van der Waals surface area (Å²) in [6.07, 6.45) is 1.62. The number of nitrogens with zero attached hydrogens (tertiary/aromatic N) is 4. The van der Waals surface area contributed by atoms with Crippen LogP contribution in [0.25, 0.3) is 16.9 Å². The molecule has 2 aromatic heterocycles. The number of para-hydroxylation sites is 1. The molecule has 0 N–H and O–H groups in total. The third-order valence-electron chi connectivity index (χ3n) is 4.78. The fourth-order valence-electron chi connectivity index (χ4n) is 3.36. The molecular formula is C21H20N4O2. The number of hydrogen-bond acceptors (Lipinski definition) is 3. The maximum Gasteiger partial charge on any atom is 0.337 e. The van der Waals surface area contributed by atoms with Crippen molar-refractivity contribution < 1.29 is 0 Å². The molecule has 0 atom stereocenters. The minimum atomic E-state index is -0.382. The van der Waals surface area contributed by atoms with Gasteiger partial charge < -0.3 is 4.57 Å². The highest BCUT2D eigenvalue weighted by atomic mass is 16.2. The molecule has 0 fully saturated rings. The fourth-order valence-corrected chi connectivity index (χ4v) is 3.36. The van der Waals surface area contributed by atoms with Crippen LogP contribution in [0.5, 0.6) is 0 Å². The predicted octanol–water partition coefficient (Wildman–Crippen LogP) is 2.73. The Morgan fingerprint density at radius 2 is 1.67 bits per heavy atom. The number of fused-ring (bicyclic) bond motifs is 1. The summed E-state index contributed by atoms with van der Waals surface area (Å²) in [5, 5.41) is 0. The van der Waals surface area contributed by atoms with Crippen molar-refractivity contribution in [1.82, 2.24) is 18.7 Å². The highest BCUT2D eigenvalue weighted by Crippen LogP contribution is 2.16. The van der Waals surface area contributed by atoms with Crippen molar-refractivity contribution >= 4 is 11.2 Å². The Balaban J connectivity index is 2.09. The number of rotatable bonds is 4. The Bertz CT molecular complexity index is 1230. The van der Waals surface area contributed by atoms with Crippen LogP contribution in [-0.4, -0.2) is 18.7 Å². The molecule has 4 aromatic rings. The molecule has 0 saturated carbocycles. The first-order valence-corrected chi connectivity index (χ1v) is 8.92. The molecule has 0 unspecified atom stereocenters. The van der Waals surface area contributed by atoms with Crippen molar-refractivity contribution in [3.63, 3.8) is 0 Å².